The van der Waals surface area contributed by atoms with Gasteiger partial charge < -0.3 is 24.5 Å². The fraction of sp³-hybridized carbons (Fsp3) is 0.636. The summed E-state index contributed by atoms with van der Waals surface area (Å²) in [4.78, 5) is 29.9. The molecule has 0 aliphatic carbocycles. The molecule has 1 saturated heterocycles. The average molecular weight is 267 g/mol. The summed E-state index contributed by atoms with van der Waals surface area (Å²) in [5, 5.41) is 10.6. The van der Waals surface area contributed by atoms with Crippen molar-refractivity contribution in [2.24, 2.45) is 7.05 Å². The minimum Gasteiger partial charge on any atom is -0.358 e. The molecule has 8 heteroatoms. The number of carbonyl (C=O) groups excluding carboxylic acids is 1. The van der Waals surface area contributed by atoms with Crippen molar-refractivity contribution in [1.29, 1.82) is 0 Å². The van der Waals surface area contributed by atoms with Crippen LogP contribution in [0.4, 0.5) is 5.82 Å². The predicted octanol–water partition coefficient (Wildman–Crippen LogP) is 0.104. The second kappa shape index (κ2) is 4.96. The fourth-order valence-corrected chi connectivity index (χ4v) is 2.23. The highest BCUT2D eigenvalue weighted by Crippen LogP contribution is 2.17. The van der Waals surface area contributed by atoms with Gasteiger partial charge in [-0.3, -0.25) is 4.79 Å². The van der Waals surface area contributed by atoms with Crippen LogP contribution in [0.3, 0.4) is 0 Å². The topological polar surface area (TPSA) is 84.5 Å². The lowest BCUT2D eigenvalue weighted by molar-refractivity contribution is -0.389. The first-order valence-corrected chi connectivity index (χ1v) is 6.03. The summed E-state index contributed by atoms with van der Waals surface area (Å²) < 4.78 is 1.41. The van der Waals surface area contributed by atoms with E-state index in [0.29, 0.717) is 19.1 Å². The van der Waals surface area contributed by atoms with Crippen LogP contribution in [-0.2, 0) is 7.05 Å². The number of rotatable bonds is 3. The Kier molecular flexibility index (Phi) is 3.52. The van der Waals surface area contributed by atoms with Gasteiger partial charge >= 0.3 is 17.5 Å². The molecule has 1 aliphatic heterocycles. The van der Waals surface area contributed by atoms with Crippen molar-refractivity contribution < 1.29 is 9.72 Å². The van der Waals surface area contributed by atoms with E-state index < -0.39 is 4.92 Å². The zero-order valence-corrected chi connectivity index (χ0v) is 11.2. The van der Waals surface area contributed by atoms with Gasteiger partial charge in [0.1, 0.15) is 6.20 Å². The molecule has 1 unspecified atom stereocenters. The van der Waals surface area contributed by atoms with Gasteiger partial charge in [0.25, 0.3) is 0 Å². The van der Waals surface area contributed by atoms with Gasteiger partial charge in [-0.1, -0.05) is 0 Å². The zero-order chi connectivity index (χ0) is 14.2. The van der Waals surface area contributed by atoms with E-state index in [-0.39, 0.29) is 17.5 Å². The number of imidazole rings is 1. The first kappa shape index (κ1) is 13.5. The lowest BCUT2D eigenvalue weighted by Gasteiger charge is -2.19. The van der Waals surface area contributed by atoms with Crippen molar-refractivity contribution in [3.63, 3.8) is 0 Å². The third-order valence-corrected chi connectivity index (χ3v) is 3.42. The van der Waals surface area contributed by atoms with Crippen molar-refractivity contribution in [3.05, 3.63) is 22.1 Å². The van der Waals surface area contributed by atoms with E-state index in [9.17, 15) is 14.9 Å². The number of aryl methyl sites for hydroxylation is 1. The monoisotopic (exact) mass is 267 g/mol. The second-order valence-electron chi connectivity index (χ2n) is 4.95. The normalized spacial score (nSPS) is 19.2. The van der Waals surface area contributed by atoms with Crippen LogP contribution < -0.4 is 0 Å². The first-order valence-electron chi connectivity index (χ1n) is 6.03. The van der Waals surface area contributed by atoms with Crippen LogP contribution in [0.2, 0.25) is 0 Å². The molecule has 1 aliphatic rings. The molecule has 104 valence electrons. The van der Waals surface area contributed by atoms with E-state index in [4.69, 9.17) is 0 Å². The zero-order valence-electron chi connectivity index (χ0n) is 11.2. The molecule has 19 heavy (non-hydrogen) atoms. The molecule has 8 nitrogen and oxygen atoms in total. The number of hydrogen-bond acceptors (Lipinski definition) is 5. The number of nitrogens with zero attached hydrogens (tertiary/aromatic N) is 5. The number of aromatic nitrogens is 2. The third kappa shape index (κ3) is 2.58. The fourth-order valence-electron chi connectivity index (χ4n) is 2.23. The van der Waals surface area contributed by atoms with Crippen molar-refractivity contribution in [1.82, 2.24) is 19.4 Å². The predicted molar refractivity (Wildman–Crippen MR) is 67.9 cm³/mol. The van der Waals surface area contributed by atoms with Gasteiger partial charge in [0, 0.05) is 26.2 Å². The van der Waals surface area contributed by atoms with Crippen LogP contribution in [-0.4, -0.2) is 63.4 Å². The van der Waals surface area contributed by atoms with Gasteiger partial charge in [-0.25, -0.2) is 0 Å². The van der Waals surface area contributed by atoms with Crippen molar-refractivity contribution in [2.45, 2.75) is 12.5 Å². The maximum atomic E-state index is 12.3. The molecular weight excluding hydrogens is 250 g/mol. The Labute approximate surface area is 110 Å². The molecule has 1 aromatic heterocycles. The van der Waals surface area contributed by atoms with Crippen LogP contribution in [0.25, 0.3) is 0 Å². The highest BCUT2D eigenvalue weighted by atomic mass is 16.6. The molecule has 1 amide bonds. The molecule has 1 atom stereocenters. The Balaban J connectivity index is 2.15. The summed E-state index contributed by atoms with van der Waals surface area (Å²) in [7, 11) is 5.54. The van der Waals surface area contributed by atoms with Gasteiger partial charge in [0.2, 0.25) is 0 Å². The summed E-state index contributed by atoms with van der Waals surface area (Å²) >= 11 is 0. The van der Waals surface area contributed by atoms with E-state index in [1.54, 1.807) is 11.9 Å². The Morgan fingerprint density at radius 3 is 2.74 bits per heavy atom. The SMILES string of the molecule is CN(C)C1CCN(C(=O)c2nc([N+](=O)[O-])cn2C)C1. The molecule has 1 aromatic rings. The maximum absolute atomic E-state index is 12.3. The standard InChI is InChI=1S/C11H17N5O3/c1-13(2)8-4-5-15(6-8)11(17)10-12-9(16(18)19)7-14(10)3/h7-8H,4-6H2,1-3H3. The van der Waals surface area contributed by atoms with Gasteiger partial charge in [-0.2, -0.15) is 0 Å². The Morgan fingerprint density at radius 2 is 2.26 bits per heavy atom. The van der Waals surface area contributed by atoms with Crippen LogP contribution in [0.1, 0.15) is 17.0 Å². The summed E-state index contributed by atoms with van der Waals surface area (Å²) in [5.74, 6) is -0.430. The smallest absolute Gasteiger partial charge is 0.358 e. The summed E-state index contributed by atoms with van der Waals surface area (Å²) in [6.45, 7) is 1.29. The van der Waals surface area contributed by atoms with Crippen LogP contribution in [0.15, 0.2) is 6.20 Å². The second-order valence-corrected chi connectivity index (χ2v) is 4.95. The summed E-state index contributed by atoms with van der Waals surface area (Å²) in [6.07, 6.45) is 2.16. The van der Waals surface area contributed by atoms with E-state index in [1.165, 1.54) is 10.8 Å². The molecular formula is C11H17N5O3. The highest BCUT2D eigenvalue weighted by Gasteiger charge is 2.33. The molecule has 0 aromatic carbocycles. The maximum Gasteiger partial charge on any atom is 0.382 e. The largest absolute Gasteiger partial charge is 0.382 e. The molecule has 0 N–H and O–H groups in total. The number of carbonyl (C=O) groups is 1. The highest BCUT2D eigenvalue weighted by molar-refractivity contribution is 5.91. The summed E-state index contributed by atoms with van der Waals surface area (Å²) in [6, 6.07) is 0.333. The van der Waals surface area contributed by atoms with Crippen molar-refractivity contribution in [3.8, 4) is 0 Å². The molecule has 0 bridgehead atoms. The number of likely N-dealkylation sites (tertiary alicyclic amines) is 1. The van der Waals surface area contributed by atoms with Crippen molar-refractivity contribution in [2.75, 3.05) is 27.2 Å². The van der Waals surface area contributed by atoms with E-state index in [2.05, 4.69) is 9.88 Å². The number of nitro groups is 1. The molecule has 2 heterocycles. The van der Waals surface area contributed by atoms with Crippen molar-refractivity contribution >= 4 is 11.7 Å². The molecule has 2 rings (SSSR count). The van der Waals surface area contributed by atoms with E-state index in [0.717, 1.165) is 6.42 Å². The molecule has 0 saturated carbocycles. The van der Waals surface area contributed by atoms with E-state index >= 15 is 0 Å². The lowest BCUT2D eigenvalue weighted by atomic mass is 10.2. The van der Waals surface area contributed by atoms with Gasteiger partial charge in [0.15, 0.2) is 0 Å². The Bertz CT molecular complexity index is 510. The quantitative estimate of drug-likeness (QED) is 0.573. The minimum atomic E-state index is -0.594. The van der Waals surface area contributed by atoms with Crippen LogP contribution in [0, 0.1) is 10.1 Å². The minimum absolute atomic E-state index is 0.117. The number of likely N-dealkylation sites (N-methyl/N-ethyl adjacent to an activating group) is 1. The summed E-state index contributed by atoms with van der Waals surface area (Å²) in [5.41, 5.74) is 0. The van der Waals surface area contributed by atoms with Gasteiger partial charge in [0.05, 0.1) is 0 Å². The van der Waals surface area contributed by atoms with Gasteiger partial charge in [-0.15, -0.1) is 0 Å². The first-order chi connectivity index (χ1) is 8.90. The van der Waals surface area contributed by atoms with E-state index in [1.807, 2.05) is 14.1 Å². The van der Waals surface area contributed by atoms with Gasteiger partial charge in [-0.05, 0) is 30.4 Å². The molecule has 0 radical (unpaired) electrons. The third-order valence-electron chi connectivity index (χ3n) is 3.42. The average Bonchev–Trinajstić information content (AvgIpc) is 2.94. The molecule has 1 fully saturated rings. The lowest BCUT2D eigenvalue weighted by Crippen LogP contribution is -2.35. The Morgan fingerprint density at radius 1 is 1.58 bits per heavy atom. The Hall–Kier alpha value is -1.96. The molecule has 0 spiro atoms. The number of hydrogen-bond donors (Lipinski definition) is 0. The number of amides is 1. The van der Waals surface area contributed by atoms with Crippen LogP contribution >= 0.6 is 0 Å². The van der Waals surface area contributed by atoms with Crippen LogP contribution in [0.5, 0.6) is 0 Å².